The minimum atomic E-state index is -0.127. The van der Waals surface area contributed by atoms with E-state index in [4.69, 9.17) is 9.15 Å². The third-order valence-corrected chi connectivity index (χ3v) is 4.48. The van der Waals surface area contributed by atoms with Crippen LogP contribution in [0.15, 0.2) is 22.6 Å². The largest absolute Gasteiger partial charge is 0.465 e. The predicted octanol–water partition coefficient (Wildman–Crippen LogP) is 2.10. The van der Waals surface area contributed by atoms with E-state index in [-0.39, 0.29) is 12.5 Å². The Labute approximate surface area is 154 Å². The van der Waals surface area contributed by atoms with E-state index in [1.54, 1.807) is 0 Å². The molecule has 7 heteroatoms. The van der Waals surface area contributed by atoms with Crippen molar-refractivity contribution in [2.24, 2.45) is 0 Å². The Morgan fingerprint density at radius 3 is 3.00 bits per heavy atom. The zero-order valence-electron chi connectivity index (χ0n) is 15.7. The number of fused-ring (bicyclic) bond motifs is 1. The van der Waals surface area contributed by atoms with Gasteiger partial charge in [0.15, 0.2) is 0 Å². The Kier molecular flexibility index (Phi) is 6.46. The number of nitrogens with one attached hydrogen (secondary N) is 1. The molecule has 0 fully saturated rings. The zero-order chi connectivity index (χ0) is 18.4. The molecule has 7 nitrogen and oxygen atoms in total. The van der Waals surface area contributed by atoms with E-state index in [0.29, 0.717) is 6.54 Å². The number of furan rings is 1. The summed E-state index contributed by atoms with van der Waals surface area (Å²) in [5.74, 6) is 1.96. The highest BCUT2D eigenvalue weighted by molar-refractivity contribution is 5.77. The van der Waals surface area contributed by atoms with Crippen molar-refractivity contribution >= 4 is 5.91 Å². The molecule has 2 aromatic heterocycles. The third-order valence-electron chi connectivity index (χ3n) is 4.48. The standard InChI is InChI=1S/C19H28N4O3/c1-3-5-17-6-7-18(26-17)13-22-8-4-9-23-16(12-22)10-15(21-23)11-20-19(24)14-25-2/h6-7,10H,3-5,8-9,11-14H2,1-2H3,(H,20,24). The summed E-state index contributed by atoms with van der Waals surface area (Å²) in [6.07, 6.45) is 3.14. The summed E-state index contributed by atoms with van der Waals surface area (Å²) in [4.78, 5) is 13.9. The first-order valence-electron chi connectivity index (χ1n) is 9.29. The summed E-state index contributed by atoms with van der Waals surface area (Å²) in [7, 11) is 1.51. The summed E-state index contributed by atoms with van der Waals surface area (Å²) in [6, 6.07) is 6.25. The molecule has 0 saturated carbocycles. The van der Waals surface area contributed by atoms with E-state index in [1.807, 2.05) is 0 Å². The smallest absolute Gasteiger partial charge is 0.246 e. The number of carbonyl (C=O) groups excluding carboxylic acids is 1. The van der Waals surface area contributed by atoms with E-state index in [1.165, 1.54) is 12.8 Å². The molecule has 0 aromatic carbocycles. The molecule has 0 atom stereocenters. The van der Waals surface area contributed by atoms with Gasteiger partial charge in [-0.25, -0.2) is 0 Å². The second-order valence-corrected chi connectivity index (χ2v) is 6.74. The molecule has 1 aliphatic heterocycles. The van der Waals surface area contributed by atoms with Crippen LogP contribution in [0.1, 0.15) is 42.7 Å². The average molecular weight is 360 g/mol. The van der Waals surface area contributed by atoms with Gasteiger partial charge in [0.05, 0.1) is 24.5 Å². The van der Waals surface area contributed by atoms with E-state index in [9.17, 15) is 4.79 Å². The van der Waals surface area contributed by atoms with E-state index in [2.05, 4.69) is 45.1 Å². The number of amides is 1. The lowest BCUT2D eigenvalue weighted by atomic mass is 10.3. The maximum Gasteiger partial charge on any atom is 0.246 e. The lowest BCUT2D eigenvalue weighted by Crippen LogP contribution is -2.26. The monoisotopic (exact) mass is 360 g/mol. The van der Waals surface area contributed by atoms with Crippen LogP contribution in [-0.4, -0.2) is 40.8 Å². The molecule has 0 unspecified atom stereocenters. The van der Waals surface area contributed by atoms with E-state index < -0.39 is 0 Å². The van der Waals surface area contributed by atoms with Crippen LogP contribution in [0.2, 0.25) is 0 Å². The first kappa shape index (κ1) is 18.7. The van der Waals surface area contributed by atoms with Gasteiger partial charge in [-0.3, -0.25) is 14.4 Å². The van der Waals surface area contributed by atoms with Crippen LogP contribution in [0.3, 0.4) is 0 Å². The maximum absolute atomic E-state index is 11.5. The van der Waals surface area contributed by atoms with Gasteiger partial charge in [0, 0.05) is 33.2 Å². The molecule has 3 rings (SSSR count). The molecule has 0 spiro atoms. The Hall–Kier alpha value is -2.12. The number of hydrogen-bond donors (Lipinski definition) is 1. The van der Waals surface area contributed by atoms with Crippen LogP contribution >= 0.6 is 0 Å². The molecule has 1 amide bonds. The number of carbonyl (C=O) groups is 1. The summed E-state index contributed by atoms with van der Waals surface area (Å²) < 4.78 is 12.8. The van der Waals surface area contributed by atoms with Gasteiger partial charge in [0.2, 0.25) is 5.91 Å². The SMILES string of the molecule is CCCc1ccc(CN2CCCn3nc(CNC(=O)COC)cc3C2)o1. The van der Waals surface area contributed by atoms with Crippen molar-refractivity contribution in [3.8, 4) is 0 Å². The van der Waals surface area contributed by atoms with Crippen molar-refractivity contribution in [1.82, 2.24) is 20.0 Å². The molecule has 26 heavy (non-hydrogen) atoms. The molecule has 2 aromatic rings. The summed E-state index contributed by atoms with van der Waals surface area (Å²) in [5.41, 5.74) is 2.06. The van der Waals surface area contributed by atoms with Crippen LogP contribution in [0.5, 0.6) is 0 Å². The minimum Gasteiger partial charge on any atom is -0.465 e. The summed E-state index contributed by atoms with van der Waals surface area (Å²) >= 11 is 0. The third kappa shape index (κ3) is 4.95. The van der Waals surface area contributed by atoms with Gasteiger partial charge in [-0.15, -0.1) is 0 Å². The van der Waals surface area contributed by atoms with Gasteiger partial charge in [0.25, 0.3) is 0 Å². The predicted molar refractivity (Wildman–Crippen MR) is 97.4 cm³/mol. The van der Waals surface area contributed by atoms with Crippen molar-refractivity contribution in [2.75, 3.05) is 20.3 Å². The van der Waals surface area contributed by atoms with Crippen LogP contribution in [0, 0.1) is 0 Å². The van der Waals surface area contributed by atoms with Gasteiger partial charge in [-0.2, -0.15) is 5.10 Å². The second kappa shape index (κ2) is 9.00. The van der Waals surface area contributed by atoms with Crippen LogP contribution in [0.25, 0.3) is 0 Å². The number of aryl methyl sites for hydroxylation is 2. The van der Waals surface area contributed by atoms with Gasteiger partial charge < -0.3 is 14.5 Å². The number of ether oxygens (including phenoxy) is 1. The number of hydrogen-bond acceptors (Lipinski definition) is 5. The highest BCUT2D eigenvalue weighted by Gasteiger charge is 2.18. The molecule has 1 aliphatic rings. The Morgan fingerprint density at radius 2 is 2.19 bits per heavy atom. The average Bonchev–Trinajstić information content (AvgIpc) is 3.16. The highest BCUT2D eigenvalue weighted by Crippen LogP contribution is 2.18. The molecule has 3 heterocycles. The normalized spacial score (nSPS) is 14.8. The lowest BCUT2D eigenvalue weighted by molar-refractivity contribution is -0.124. The van der Waals surface area contributed by atoms with Crippen LogP contribution in [0.4, 0.5) is 0 Å². The molecule has 0 radical (unpaired) electrons. The lowest BCUT2D eigenvalue weighted by Gasteiger charge is -2.17. The van der Waals surface area contributed by atoms with Crippen molar-refractivity contribution in [3.63, 3.8) is 0 Å². The molecular formula is C19H28N4O3. The summed E-state index contributed by atoms with van der Waals surface area (Å²) in [5, 5.41) is 7.45. The first-order chi connectivity index (χ1) is 12.7. The van der Waals surface area contributed by atoms with Gasteiger partial charge in [0.1, 0.15) is 18.1 Å². The van der Waals surface area contributed by atoms with Crippen LogP contribution < -0.4 is 5.32 Å². The highest BCUT2D eigenvalue weighted by atomic mass is 16.5. The molecule has 0 aliphatic carbocycles. The molecule has 0 bridgehead atoms. The first-order valence-corrected chi connectivity index (χ1v) is 9.29. The van der Waals surface area contributed by atoms with Crippen LogP contribution in [-0.2, 0) is 42.1 Å². The fourth-order valence-electron chi connectivity index (χ4n) is 3.29. The zero-order valence-corrected chi connectivity index (χ0v) is 15.7. The molecule has 1 N–H and O–H groups in total. The van der Waals surface area contributed by atoms with Crippen molar-refractivity contribution in [3.05, 3.63) is 41.1 Å². The minimum absolute atomic E-state index is 0.0739. The van der Waals surface area contributed by atoms with E-state index >= 15 is 0 Å². The topological polar surface area (TPSA) is 72.5 Å². The summed E-state index contributed by atoms with van der Waals surface area (Å²) in [6.45, 7) is 6.24. The number of nitrogens with zero attached hydrogens (tertiary/aromatic N) is 3. The molecule has 0 saturated heterocycles. The second-order valence-electron chi connectivity index (χ2n) is 6.74. The van der Waals surface area contributed by atoms with Crippen molar-refractivity contribution in [1.29, 1.82) is 0 Å². The van der Waals surface area contributed by atoms with Gasteiger partial charge in [-0.1, -0.05) is 6.92 Å². The quantitative estimate of drug-likeness (QED) is 0.780. The van der Waals surface area contributed by atoms with Gasteiger partial charge in [-0.05, 0) is 31.0 Å². The number of aromatic nitrogens is 2. The molecule has 142 valence electrons. The Morgan fingerprint density at radius 1 is 1.35 bits per heavy atom. The number of rotatable bonds is 8. The number of methoxy groups -OCH3 is 1. The Bertz CT molecular complexity index is 722. The molecular weight excluding hydrogens is 332 g/mol. The van der Waals surface area contributed by atoms with Gasteiger partial charge >= 0.3 is 0 Å². The Balaban J connectivity index is 1.59. The maximum atomic E-state index is 11.5. The fraction of sp³-hybridized carbons (Fsp3) is 0.579. The fourth-order valence-corrected chi connectivity index (χ4v) is 3.29. The van der Waals surface area contributed by atoms with Crippen molar-refractivity contribution in [2.45, 2.75) is 52.4 Å². The van der Waals surface area contributed by atoms with Crippen molar-refractivity contribution < 1.29 is 13.9 Å². The van der Waals surface area contributed by atoms with E-state index in [0.717, 1.165) is 62.7 Å².